The molecule has 2 fully saturated rings. The lowest BCUT2D eigenvalue weighted by Crippen LogP contribution is -2.50. The number of hydrogen-bond acceptors (Lipinski definition) is 5. The van der Waals surface area contributed by atoms with Crippen LogP contribution >= 0.6 is 0 Å². The van der Waals surface area contributed by atoms with Crippen LogP contribution in [-0.2, 0) is 4.79 Å². The largest absolute Gasteiger partial charge is 0.348 e. The van der Waals surface area contributed by atoms with Gasteiger partial charge in [-0.05, 0) is 25.2 Å². The van der Waals surface area contributed by atoms with Crippen LogP contribution < -0.4 is 10.5 Å². The van der Waals surface area contributed by atoms with Crippen LogP contribution in [0.3, 0.4) is 0 Å². The van der Waals surface area contributed by atoms with Crippen LogP contribution in [0.5, 0.6) is 0 Å². The molecule has 128 valence electrons. The highest BCUT2D eigenvalue weighted by atomic mass is 16.2. The van der Waals surface area contributed by atoms with Crippen LogP contribution in [-0.4, -0.2) is 57.5 Å². The molecule has 0 radical (unpaired) electrons. The zero-order valence-corrected chi connectivity index (χ0v) is 14.2. The smallest absolute Gasteiger partial charge is 0.280 e. The summed E-state index contributed by atoms with van der Waals surface area (Å²) in [6, 6.07) is 0.260. The van der Waals surface area contributed by atoms with E-state index >= 15 is 0 Å². The second kappa shape index (κ2) is 5.32. The summed E-state index contributed by atoms with van der Waals surface area (Å²) in [6.07, 6.45) is 5.38. The van der Waals surface area contributed by atoms with Crippen molar-refractivity contribution in [2.45, 2.75) is 37.8 Å². The number of piperidine rings is 1. The van der Waals surface area contributed by atoms with E-state index in [0.29, 0.717) is 29.5 Å². The molecule has 1 aliphatic carbocycles. The van der Waals surface area contributed by atoms with Crippen LogP contribution in [0.15, 0.2) is 11.1 Å². The molecule has 2 bridgehead atoms. The number of fused-ring (bicyclic) bond motifs is 3. The number of amides is 1. The maximum absolute atomic E-state index is 12.3. The van der Waals surface area contributed by atoms with Crippen molar-refractivity contribution in [1.82, 2.24) is 24.4 Å². The van der Waals surface area contributed by atoms with Gasteiger partial charge in [0, 0.05) is 27.6 Å². The second-order valence-corrected chi connectivity index (χ2v) is 7.13. The normalized spacial score (nSPS) is 26.9. The summed E-state index contributed by atoms with van der Waals surface area (Å²) < 4.78 is 1.99. The molecule has 1 saturated carbocycles. The minimum Gasteiger partial charge on any atom is -0.348 e. The summed E-state index contributed by atoms with van der Waals surface area (Å²) in [7, 11) is 5.55. The molecular weight excluding hydrogens is 308 g/mol. The van der Waals surface area contributed by atoms with E-state index in [4.69, 9.17) is 0 Å². The van der Waals surface area contributed by atoms with Crippen LogP contribution in [0.25, 0.3) is 11.2 Å². The average Bonchev–Trinajstić information content (AvgIpc) is 2.97. The van der Waals surface area contributed by atoms with E-state index in [1.807, 2.05) is 30.6 Å². The molecule has 1 saturated heterocycles. The molecular formula is C16H22N6O2. The molecule has 1 aliphatic heterocycles. The van der Waals surface area contributed by atoms with Crippen LogP contribution in [0.1, 0.15) is 31.7 Å². The number of carbonyl (C=O) groups excluding carboxylic acids is 1. The highest BCUT2D eigenvalue weighted by Crippen LogP contribution is 2.41. The van der Waals surface area contributed by atoms with E-state index in [0.717, 1.165) is 19.3 Å². The molecule has 1 amide bonds. The lowest BCUT2D eigenvalue weighted by Gasteiger charge is -2.45. The molecule has 3 heterocycles. The lowest BCUT2D eigenvalue weighted by molar-refractivity contribution is -0.140. The van der Waals surface area contributed by atoms with Gasteiger partial charge in [0.2, 0.25) is 11.9 Å². The van der Waals surface area contributed by atoms with Gasteiger partial charge in [0.05, 0.1) is 18.4 Å². The quantitative estimate of drug-likeness (QED) is 0.878. The van der Waals surface area contributed by atoms with E-state index in [-0.39, 0.29) is 23.6 Å². The Balaban J connectivity index is 1.81. The van der Waals surface area contributed by atoms with E-state index in [2.05, 4.69) is 15.0 Å². The lowest BCUT2D eigenvalue weighted by atomic mass is 9.76. The maximum Gasteiger partial charge on any atom is 0.280 e. The van der Waals surface area contributed by atoms with Gasteiger partial charge < -0.3 is 14.4 Å². The molecule has 0 unspecified atom stereocenters. The Morgan fingerprint density at radius 1 is 1.25 bits per heavy atom. The third kappa shape index (κ3) is 2.20. The van der Waals surface area contributed by atoms with Crippen molar-refractivity contribution in [2.24, 2.45) is 5.92 Å². The third-order valence-corrected chi connectivity index (χ3v) is 5.44. The van der Waals surface area contributed by atoms with Gasteiger partial charge in [-0.15, -0.1) is 0 Å². The first kappa shape index (κ1) is 15.2. The molecule has 0 aromatic carbocycles. The van der Waals surface area contributed by atoms with Crippen molar-refractivity contribution in [3.63, 3.8) is 0 Å². The SMILES string of the molecule is CN(C)c1nc2c(ncn2[C@@H]2CC[C@H]3CC(=O)N(C)[C@H]2C3)c(=O)[nH]1. The van der Waals surface area contributed by atoms with E-state index in [1.54, 1.807) is 11.2 Å². The maximum atomic E-state index is 12.3. The molecule has 24 heavy (non-hydrogen) atoms. The zero-order valence-electron chi connectivity index (χ0n) is 14.2. The van der Waals surface area contributed by atoms with Crippen LogP contribution in [0.4, 0.5) is 5.95 Å². The zero-order chi connectivity index (χ0) is 17.0. The molecule has 4 rings (SSSR count). The monoisotopic (exact) mass is 330 g/mol. The van der Waals surface area contributed by atoms with Gasteiger partial charge in [-0.25, -0.2) is 4.98 Å². The van der Waals surface area contributed by atoms with Gasteiger partial charge in [-0.1, -0.05) is 0 Å². The van der Waals surface area contributed by atoms with Gasteiger partial charge in [0.1, 0.15) is 0 Å². The Morgan fingerprint density at radius 2 is 2.04 bits per heavy atom. The van der Waals surface area contributed by atoms with Crippen molar-refractivity contribution in [3.8, 4) is 0 Å². The highest BCUT2D eigenvalue weighted by Gasteiger charge is 2.41. The van der Waals surface area contributed by atoms with Gasteiger partial charge >= 0.3 is 0 Å². The van der Waals surface area contributed by atoms with Gasteiger partial charge in [0.25, 0.3) is 5.56 Å². The predicted octanol–water partition coefficient (Wildman–Crippen LogP) is 0.758. The third-order valence-electron chi connectivity index (χ3n) is 5.44. The number of aromatic nitrogens is 4. The molecule has 3 atom stereocenters. The number of nitrogens with one attached hydrogen (secondary N) is 1. The van der Waals surface area contributed by atoms with Crippen molar-refractivity contribution < 1.29 is 4.79 Å². The Labute approximate surface area is 139 Å². The average molecular weight is 330 g/mol. The molecule has 8 heteroatoms. The predicted molar refractivity (Wildman–Crippen MR) is 90.0 cm³/mol. The number of aromatic amines is 1. The molecule has 8 nitrogen and oxygen atoms in total. The van der Waals surface area contributed by atoms with Crippen LogP contribution in [0.2, 0.25) is 0 Å². The summed E-state index contributed by atoms with van der Waals surface area (Å²) in [5, 5.41) is 0. The van der Waals surface area contributed by atoms with E-state index in [9.17, 15) is 9.59 Å². The summed E-state index contributed by atoms with van der Waals surface area (Å²) in [4.78, 5) is 39.7. The van der Waals surface area contributed by atoms with E-state index in [1.165, 1.54) is 0 Å². The number of rotatable bonds is 2. The first-order valence-electron chi connectivity index (χ1n) is 8.35. The number of anilines is 1. The Hall–Kier alpha value is -2.38. The van der Waals surface area contributed by atoms with Crippen molar-refractivity contribution in [2.75, 3.05) is 26.0 Å². The molecule has 1 N–H and O–H groups in total. The summed E-state index contributed by atoms with van der Waals surface area (Å²) in [5.41, 5.74) is 0.717. The van der Waals surface area contributed by atoms with Crippen molar-refractivity contribution in [1.29, 1.82) is 0 Å². The first-order chi connectivity index (χ1) is 11.5. The number of hydrogen-bond donors (Lipinski definition) is 1. The topological polar surface area (TPSA) is 87.1 Å². The number of nitrogens with zero attached hydrogens (tertiary/aromatic N) is 5. The highest BCUT2D eigenvalue weighted by molar-refractivity contribution is 5.77. The minimum absolute atomic E-state index is 0.116. The number of likely N-dealkylation sites (N-methyl/N-ethyl adjacent to an activating group) is 1. The Kier molecular flexibility index (Phi) is 3.36. The number of imidazole rings is 1. The van der Waals surface area contributed by atoms with Gasteiger partial charge in [0.15, 0.2) is 11.2 Å². The summed E-state index contributed by atoms with van der Waals surface area (Å²) in [6.45, 7) is 0. The second-order valence-electron chi connectivity index (χ2n) is 7.13. The Morgan fingerprint density at radius 3 is 2.79 bits per heavy atom. The number of H-pyrrole nitrogens is 1. The van der Waals surface area contributed by atoms with Crippen molar-refractivity contribution in [3.05, 3.63) is 16.7 Å². The van der Waals surface area contributed by atoms with Gasteiger partial charge in [-0.2, -0.15) is 4.98 Å². The number of carbonyl (C=O) groups is 1. The summed E-state index contributed by atoms with van der Waals surface area (Å²) >= 11 is 0. The summed E-state index contributed by atoms with van der Waals surface area (Å²) in [5.74, 6) is 1.21. The van der Waals surface area contributed by atoms with Crippen LogP contribution in [0, 0.1) is 5.92 Å². The fraction of sp³-hybridized carbons (Fsp3) is 0.625. The molecule has 2 aromatic rings. The fourth-order valence-corrected chi connectivity index (χ4v) is 4.09. The Bertz CT molecular complexity index is 854. The molecule has 0 spiro atoms. The van der Waals surface area contributed by atoms with Crippen molar-refractivity contribution >= 4 is 23.0 Å². The fourth-order valence-electron chi connectivity index (χ4n) is 4.09. The molecule has 2 aliphatic rings. The van der Waals surface area contributed by atoms with E-state index < -0.39 is 0 Å². The first-order valence-corrected chi connectivity index (χ1v) is 8.35. The minimum atomic E-state index is -0.232. The van der Waals surface area contributed by atoms with Gasteiger partial charge in [-0.3, -0.25) is 14.6 Å². The standard InChI is InChI=1S/C16H22N6O2/c1-20(2)16-18-14-13(15(24)19-16)17-8-22(14)10-5-4-9-6-11(10)21(3)12(23)7-9/h8-11H,4-7H2,1-3H3,(H,18,19,24)/t9-,10-,11+/m1/s1. The molecule has 2 aromatic heterocycles. The number of likely N-dealkylation sites (tertiary alicyclic amines) is 1.